The number of benzene rings is 1. The number of halogens is 1. The predicted molar refractivity (Wildman–Crippen MR) is 84.0 cm³/mol. The van der Waals surface area contributed by atoms with Crippen LogP contribution in [0.15, 0.2) is 43.0 Å². The maximum absolute atomic E-state index is 5.94. The predicted octanol–water partition coefficient (Wildman–Crippen LogP) is 4.01. The Morgan fingerprint density at radius 1 is 1.30 bits per heavy atom. The molecule has 0 bridgehead atoms. The summed E-state index contributed by atoms with van der Waals surface area (Å²) >= 11 is 5.94. The molecule has 2 aromatic rings. The van der Waals surface area contributed by atoms with Gasteiger partial charge in [0, 0.05) is 29.0 Å². The highest BCUT2D eigenvalue weighted by atomic mass is 35.5. The van der Waals surface area contributed by atoms with Gasteiger partial charge in [-0.2, -0.15) is 0 Å². The van der Waals surface area contributed by atoms with Gasteiger partial charge < -0.3 is 9.88 Å². The number of rotatable bonds is 6. The van der Waals surface area contributed by atoms with Gasteiger partial charge in [0.2, 0.25) is 0 Å². The van der Waals surface area contributed by atoms with Crippen LogP contribution in [-0.4, -0.2) is 16.1 Å². The van der Waals surface area contributed by atoms with E-state index in [1.165, 1.54) is 5.56 Å². The first kappa shape index (κ1) is 15.1. The van der Waals surface area contributed by atoms with E-state index < -0.39 is 0 Å². The van der Waals surface area contributed by atoms with Gasteiger partial charge in [-0.05, 0) is 51.4 Å². The highest BCUT2D eigenvalue weighted by Crippen LogP contribution is 2.22. The standard InChI is InChI=1S/C16H22ClN3/c1-13(20-11-10-18-12-20)8-9-19-16(2,3)14-4-6-15(17)7-5-14/h4-7,10-13,19H,8-9H2,1-3H3. The third-order valence-electron chi connectivity index (χ3n) is 3.73. The van der Waals surface area contributed by atoms with E-state index >= 15 is 0 Å². The van der Waals surface area contributed by atoms with Crippen LogP contribution in [0.4, 0.5) is 0 Å². The van der Waals surface area contributed by atoms with E-state index in [2.05, 4.69) is 47.8 Å². The largest absolute Gasteiger partial charge is 0.335 e. The molecule has 0 aliphatic heterocycles. The molecule has 1 aromatic carbocycles. The van der Waals surface area contributed by atoms with E-state index in [4.69, 9.17) is 11.6 Å². The lowest BCUT2D eigenvalue weighted by Gasteiger charge is -2.28. The SMILES string of the molecule is CC(CCNC(C)(C)c1ccc(Cl)cc1)n1ccnc1. The molecule has 1 unspecified atom stereocenters. The van der Waals surface area contributed by atoms with Gasteiger partial charge in [-0.15, -0.1) is 0 Å². The lowest BCUT2D eigenvalue weighted by atomic mass is 9.94. The van der Waals surface area contributed by atoms with Crippen molar-refractivity contribution in [1.29, 1.82) is 0 Å². The summed E-state index contributed by atoms with van der Waals surface area (Å²) in [7, 11) is 0. The number of hydrogen-bond acceptors (Lipinski definition) is 2. The van der Waals surface area contributed by atoms with Crippen molar-refractivity contribution in [2.75, 3.05) is 6.54 Å². The van der Waals surface area contributed by atoms with Crippen molar-refractivity contribution < 1.29 is 0 Å². The van der Waals surface area contributed by atoms with Crippen LogP contribution in [0.2, 0.25) is 5.02 Å². The summed E-state index contributed by atoms with van der Waals surface area (Å²) in [5.74, 6) is 0. The molecule has 2 rings (SSSR count). The fourth-order valence-electron chi connectivity index (χ4n) is 2.24. The van der Waals surface area contributed by atoms with E-state index in [9.17, 15) is 0 Å². The van der Waals surface area contributed by atoms with Crippen molar-refractivity contribution >= 4 is 11.6 Å². The lowest BCUT2D eigenvalue weighted by molar-refractivity contribution is 0.375. The van der Waals surface area contributed by atoms with Crippen LogP contribution in [0.3, 0.4) is 0 Å². The maximum atomic E-state index is 5.94. The topological polar surface area (TPSA) is 29.9 Å². The third kappa shape index (κ3) is 3.84. The summed E-state index contributed by atoms with van der Waals surface area (Å²) in [6.07, 6.45) is 6.76. The zero-order valence-corrected chi connectivity index (χ0v) is 13.1. The van der Waals surface area contributed by atoms with Crippen molar-refractivity contribution in [2.24, 2.45) is 0 Å². The van der Waals surface area contributed by atoms with E-state index in [-0.39, 0.29) is 5.54 Å². The smallest absolute Gasteiger partial charge is 0.0948 e. The van der Waals surface area contributed by atoms with Crippen LogP contribution in [0.5, 0.6) is 0 Å². The van der Waals surface area contributed by atoms with Gasteiger partial charge in [0.05, 0.1) is 6.33 Å². The van der Waals surface area contributed by atoms with Crippen molar-refractivity contribution in [3.63, 3.8) is 0 Å². The van der Waals surface area contributed by atoms with Crippen LogP contribution < -0.4 is 5.32 Å². The molecule has 0 spiro atoms. The summed E-state index contributed by atoms with van der Waals surface area (Å²) in [6, 6.07) is 8.48. The van der Waals surface area contributed by atoms with Gasteiger partial charge in [0.25, 0.3) is 0 Å². The molecule has 0 saturated heterocycles. The molecule has 0 amide bonds. The van der Waals surface area contributed by atoms with Gasteiger partial charge in [-0.25, -0.2) is 4.98 Å². The number of nitrogens with one attached hydrogen (secondary N) is 1. The fourth-order valence-corrected chi connectivity index (χ4v) is 2.37. The maximum Gasteiger partial charge on any atom is 0.0948 e. The summed E-state index contributed by atoms with van der Waals surface area (Å²) in [5.41, 5.74) is 1.19. The van der Waals surface area contributed by atoms with Crippen molar-refractivity contribution in [3.05, 3.63) is 53.6 Å². The molecule has 0 aliphatic rings. The molecule has 108 valence electrons. The first-order valence-electron chi connectivity index (χ1n) is 6.97. The number of nitrogens with zero attached hydrogens (tertiary/aromatic N) is 2. The molecule has 1 heterocycles. The minimum absolute atomic E-state index is 0.0563. The van der Waals surface area contributed by atoms with E-state index in [1.807, 2.05) is 30.9 Å². The zero-order chi connectivity index (χ0) is 14.6. The molecule has 20 heavy (non-hydrogen) atoms. The number of imidazole rings is 1. The molecule has 3 nitrogen and oxygen atoms in total. The lowest BCUT2D eigenvalue weighted by Crippen LogP contribution is -2.37. The molecule has 1 N–H and O–H groups in total. The van der Waals surface area contributed by atoms with Crippen LogP contribution in [0.1, 0.15) is 38.8 Å². The van der Waals surface area contributed by atoms with Crippen LogP contribution in [0, 0.1) is 0 Å². The second-order valence-electron chi connectivity index (χ2n) is 5.71. The number of aromatic nitrogens is 2. The highest BCUT2D eigenvalue weighted by molar-refractivity contribution is 6.30. The van der Waals surface area contributed by atoms with Crippen LogP contribution in [-0.2, 0) is 5.54 Å². The first-order chi connectivity index (χ1) is 9.49. The first-order valence-corrected chi connectivity index (χ1v) is 7.35. The normalized spacial score (nSPS) is 13.4. The van der Waals surface area contributed by atoms with E-state index in [0.717, 1.165) is 18.0 Å². The monoisotopic (exact) mass is 291 g/mol. The van der Waals surface area contributed by atoms with Gasteiger partial charge in [-0.1, -0.05) is 23.7 Å². The summed E-state index contributed by atoms with van der Waals surface area (Å²) < 4.78 is 2.14. The average molecular weight is 292 g/mol. The molecule has 4 heteroatoms. The Balaban J connectivity index is 1.87. The third-order valence-corrected chi connectivity index (χ3v) is 3.98. The van der Waals surface area contributed by atoms with Gasteiger partial charge in [0.15, 0.2) is 0 Å². The van der Waals surface area contributed by atoms with E-state index in [1.54, 1.807) is 0 Å². The summed E-state index contributed by atoms with van der Waals surface area (Å²) in [4.78, 5) is 4.09. The van der Waals surface area contributed by atoms with Crippen molar-refractivity contribution in [3.8, 4) is 0 Å². The van der Waals surface area contributed by atoms with Crippen molar-refractivity contribution in [2.45, 2.75) is 38.8 Å². The van der Waals surface area contributed by atoms with Crippen LogP contribution >= 0.6 is 11.6 Å². The molecule has 1 aromatic heterocycles. The molecular weight excluding hydrogens is 270 g/mol. The minimum atomic E-state index is -0.0563. The molecule has 0 aliphatic carbocycles. The summed E-state index contributed by atoms with van der Waals surface area (Å²) in [5, 5.41) is 4.39. The van der Waals surface area contributed by atoms with Gasteiger partial charge in [0.1, 0.15) is 0 Å². The molecule has 0 radical (unpaired) electrons. The Morgan fingerprint density at radius 2 is 2.00 bits per heavy atom. The van der Waals surface area contributed by atoms with Crippen LogP contribution in [0.25, 0.3) is 0 Å². The highest BCUT2D eigenvalue weighted by Gasteiger charge is 2.19. The fraction of sp³-hybridized carbons (Fsp3) is 0.438. The molecule has 0 saturated carbocycles. The molecule has 1 atom stereocenters. The average Bonchev–Trinajstić information content (AvgIpc) is 2.93. The van der Waals surface area contributed by atoms with E-state index in [0.29, 0.717) is 6.04 Å². The Hall–Kier alpha value is -1.32. The Kier molecular flexibility index (Phi) is 4.84. The minimum Gasteiger partial charge on any atom is -0.335 e. The Bertz CT molecular complexity index is 517. The number of hydrogen-bond donors (Lipinski definition) is 1. The quantitative estimate of drug-likeness (QED) is 0.871. The molecule has 0 fully saturated rings. The van der Waals surface area contributed by atoms with Gasteiger partial charge >= 0.3 is 0 Å². The Morgan fingerprint density at radius 3 is 2.60 bits per heavy atom. The second kappa shape index (κ2) is 6.42. The molecular formula is C16H22ClN3. The van der Waals surface area contributed by atoms with Gasteiger partial charge in [-0.3, -0.25) is 0 Å². The Labute approximate surface area is 126 Å². The summed E-state index contributed by atoms with van der Waals surface area (Å²) in [6.45, 7) is 7.55. The van der Waals surface area contributed by atoms with Crippen molar-refractivity contribution in [1.82, 2.24) is 14.9 Å². The second-order valence-corrected chi connectivity index (χ2v) is 6.14. The zero-order valence-electron chi connectivity index (χ0n) is 12.3.